The number of hydrogen-bond donors (Lipinski definition) is 1. The minimum absolute atomic E-state index is 0.747. The first-order valence-electron chi connectivity index (χ1n) is 6.73. The van der Waals surface area contributed by atoms with Crippen molar-refractivity contribution in [1.82, 2.24) is 10.2 Å². The van der Waals surface area contributed by atoms with E-state index in [1.54, 1.807) is 7.11 Å². The average molecular weight is 228 g/mol. The Bertz CT molecular complexity index is 171. The van der Waals surface area contributed by atoms with E-state index in [1.807, 2.05) is 0 Å². The Hall–Kier alpha value is -0.120. The highest BCUT2D eigenvalue weighted by Gasteiger charge is 2.31. The summed E-state index contributed by atoms with van der Waals surface area (Å²) in [5.41, 5.74) is 0. The molecule has 1 aliphatic rings. The molecule has 0 aromatic carbocycles. The fraction of sp³-hybridized carbons (Fsp3) is 1.00. The van der Waals surface area contributed by atoms with Crippen LogP contribution in [0.1, 0.15) is 33.1 Å². The molecule has 0 heterocycles. The normalized spacial score (nSPS) is 18.0. The smallest absolute Gasteiger partial charge is 0.0589 e. The second-order valence-electron chi connectivity index (χ2n) is 4.81. The highest BCUT2D eigenvalue weighted by molar-refractivity contribution is 4.85. The lowest BCUT2D eigenvalue weighted by molar-refractivity contribution is 0.116. The summed E-state index contributed by atoms with van der Waals surface area (Å²) in [5.74, 6) is 0.955. The van der Waals surface area contributed by atoms with Crippen LogP contribution in [0.3, 0.4) is 0 Å². The molecule has 0 spiro atoms. The van der Waals surface area contributed by atoms with Gasteiger partial charge in [0, 0.05) is 19.7 Å². The van der Waals surface area contributed by atoms with Gasteiger partial charge >= 0.3 is 0 Å². The number of rotatable bonds is 10. The fourth-order valence-corrected chi connectivity index (χ4v) is 2.19. The van der Waals surface area contributed by atoms with E-state index in [4.69, 9.17) is 4.74 Å². The molecule has 0 aromatic heterocycles. The van der Waals surface area contributed by atoms with E-state index in [0.29, 0.717) is 0 Å². The zero-order valence-corrected chi connectivity index (χ0v) is 11.2. The summed E-state index contributed by atoms with van der Waals surface area (Å²) >= 11 is 0. The van der Waals surface area contributed by atoms with Gasteiger partial charge in [-0.15, -0.1) is 0 Å². The lowest BCUT2D eigenvalue weighted by Gasteiger charge is -2.29. The Kier molecular flexibility index (Phi) is 7.01. The summed E-state index contributed by atoms with van der Waals surface area (Å²) in [4.78, 5) is 2.60. The molecule has 0 aromatic rings. The summed E-state index contributed by atoms with van der Waals surface area (Å²) in [7, 11) is 1.79. The number of ether oxygens (including phenoxy) is 1. The topological polar surface area (TPSA) is 24.5 Å². The molecule has 96 valence electrons. The zero-order valence-electron chi connectivity index (χ0n) is 11.2. The van der Waals surface area contributed by atoms with Gasteiger partial charge in [0.25, 0.3) is 0 Å². The molecule has 1 aliphatic carbocycles. The zero-order chi connectivity index (χ0) is 11.8. The van der Waals surface area contributed by atoms with Crippen molar-refractivity contribution in [2.45, 2.75) is 39.2 Å². The summed E-state index contributed by atoms with van der Waals surface area (Å²) < 4.78 is 5.19. The molecule has 1 fully saturated rings. The van der Waals surface area contributed by atoms with E-state index < -0.39 is 0 Å². The van der Waals surface area contributed by atoms with Crippen LogP contribution in [0, 0.1) is 5.92 Å². The van der Waals surface area contributed by atoms with Crippen molar-refractivity contribution >= 4 is 0 Å². The van der Waals surface area contributed by atoms with Crippen LogP contribution in [0.15, 0.2) is 0 Å². The molecule has 0 saturated heterocycles. The Balaban J connectivity index is 2.19. The van der Waals surface area contributed by atoms with E-state index in [9.17, 15) is 0 Å². The van der Waals surface area contributed by atoms with Gasteiger partial charge in [0.2, 0.25) is 0 Å². The van der Waals surface area contributed by atoms with Gasteiger partial charge in [0.1, 0.15) is 0 Å². The van der Waals surface area contributed by atoms with Crippen LogP contribution >= 0.6 is 0 Å². The summed E-state index contributed by atoms with van der Waals surface area (Å²) in [6.07, 6.45) is 4.10. The molecule has 0 amide bonds. The van der Waals surface area contributed by atoms with Gasteiger partial charge in [-0.25, -0.2) is 0 Å². The molecule has 1 saturated carbocycles. The van der Waals surface area contributed by atoms with Gasteiger partial charge in [-0.1, -0.05) is 6.92 Å². The van der Waals surface area contributed by atoms with Gasteiger partial charge < -0.3 is 10.1 Å². The van der Waals surface area contributed by atoms with Crippen molar-refractivity contribution in [2.75, 3.05) is 39.9 Å². The van der Waals surface area contributed by atoms with E-state index in [1.165, 1.54) is 25.8 Å². The molecule has 3 nitrogen and oxygen atoms in total. The first-order valence-corrected chi connectivity index (χ1v) is 6.73. The van der Waals surface area contributed by atoms with E-state index in [-0.39, 0.29) is 0 Å². The highest BCUT2D eigenvalue weighted by atomic mass is 16.5. The first kappa shape index (κ1) is 13.9. The fourth-order valence-electron chi connectivity index (χ4n) is 2.19. The first-order chi connectivity index (χ1) is 7.79. The van der Waals surface area contributed by atoms with E-state index >= 15 is 0 Å². The second-order valence-corrected chi connectivity index (χ2v) is 4.81. The van der Waals surface area contributed by atoms with Crippen LogP contribution in [0.2, 0.25) is 0 Å². The lowest BCUT2D eigenvalue weighted by atomic mass is 10.1. The van der Waals surface area contributed by atoms with E-state index in [0.717, 1.165) is 38.2 Å². The van der Waals surface area contributed by atoms with Crippen molar-refractivity contribution in [3.05, 3.63) is 0 Å². The van der Waals surface area contributed by atoms with Gasteiger partial charge in [-0.05, 0) is 51.7 Å². The average Bonchev–Trinajstić information content (AvgIpc) is 3.11. The van der Waals surface area contributed by atoms with Crippen molar-refractivity contribution in [3.63, 3.8) is 0 Å². The molecule has 1 N–H and O–H groups in total. The van der Waals surface area contributed by atoms with Gasteiger partial charge in [0.15, 0.2) is 0 Å². The second kappa shape index (κ2) is 8.04. The summed E-state index contributed by atoms with van der Waals surface area (Å²) in [6.45, 7) is 9.90. The van der Waals surface area contributed by atoms with Gasteiger partial charge in [-0.2, -0.15) is 0 Å². The standard InChI is InChI=1S/C13H28N2O/c1-4-14-8-5-9-15(10-11-16-3)12(2)13-6-7-13/h12-14H,4-11H2,1-3H3. The third-order valence-electron chi connectivity index (χ3n) is 3.51. The third-order valence-corrected chi connectivity index (χ3v) is 3.51. The molecule has 1 rings (SSSR count). The van der Waals surface area contributed by atoms with Gasteiger partial charge in [0.05, 0.1) is 6.61 Å². The number of hydrogen-bond acceptors (Lipinski definition) is 3. The van der Waals surface area contributed by atoms with Crippen LogP contribution in [0.25, 0.3) is 0 Å². The van der Waals surface area contributed by atoms with Crippen molar-refractivity contribution in [3.8, 4) is 0 Å². The molecular formula is C13H28N2O. The third kappa shape index (κ3) is 5.28. The highest BCUT2D eigenvalue weighted by Crippen LogP contribution is 2.35. The predicted molar refractivity (Wildman–Crippen MR) is 68.8 cm³/mol. The molecule has 0 radical (unpaired) electrons. The SMILES string of the molecule is CCNCCCN(CCOC)C(C)C1CC1. The van der Waals surface area contributed by atoms with Crippen molar-refractivity contribution in [2.24, 2.45) is 5.92 Å². The quantitative estimate of drug-likeness (QED) is 0.576. The van der Waals surface area contributed by atoms with Crippen molar-refractivity contribution in [1.29, 1.82) is 0 Å². The van der Waals surface area contributed by atoms with Crippen LogP contribution in [-0.4, -0.2) is 50.8 Å². The van der Waals surface area contributed by atoms with Crippen LogP contribution < -0.4 is 5.32 Å². The number of methoxy groups -OCH3 is 1. The Morgan fingerprint density at radius 3 is 2.69 bits per heavy atom. The molecule has 0 bridgehead atoms. The monoisotopic (exact) mass is 228 g/mol. The lowest BCUT2D eigenvalue weighted by Crippen LogP contribution is -2.38. The summed E-state index contributed by atoms with van der Waals surface area (Å²) in [6, 6.07) is 0.747. The Morgan fingerprint density at radius 2 is 2.12 bits per heavy atom. The Morgan fingerprint density at radius 1 is 1.38 bits per heavy atom. The minimum atomic E-state index is 0.747. The number of nitrogens with zero attached hydrogens (tertiary/aromatic N) is 1. The van der Waals surface area contributed by atoms with E-state index in [2.05, 4.69) is 24.1 Å². The van der Waals surface area contributed by atoms with Crippen molar-refractivity contribution < 1.29 is 4.74 Å². The minimum Gasteiger partial charge on any atom is -0.383 e. The number of nitrogens with one attached hydrogen (secondary N) is 1. The molecule has 1 unspecified atom stereocenters. The van der Waals surface area contributed by atoms with Crippen LogP contribution in [-0.2, 0) is 4.74 Å². The molecule has 1 atom stereocenters. The maximum Gasteiger partial charge on any atom is 0.0589 e. The molecule has 16 heavy (non-hydrogen) atoms. The van der Waals surface area contributed by atoms with Crippen LogP contribution in [0.5, 0.6) is 0 Å². The maximum absolute atomic E-state index is 5.19. The molecular weight excluding hydrogens is 200 g/mol. The molecule has 0 aliphatic heterocycles. The largest absolute Gasteiger partial charge is 0.383 e. The van der Waals surface area contributed by atoms with Gasteiger partial charge in [-0.3, -0.25) is 4.90 Å². The Labute approximate surface area is 101 Å². The summed E-state index contributed by atoms with van der Waals surface area (Å²) in [5, 5.41) is 3.39. The van der Waals surface area contributed by atoms with Crippen LogP contribution in [0.4, 0.5) is 0 Å². The predicted octanol–water partition coefficient (Wildman–Crippen LogP) is 1.73. The molecule has 3 heteroatoms. The maximum atomic E-state index is 5.19.